The Hall–Kier alpha value is -2.66. The van der Waals surface area contributed by atoms with Gasteiger partial charge >= 0.3 is 0 Å². The highest BCUT2D eigenvalue weighted by Crippen LogP contribution is 2.22. The van der Waals surface area contributed by atoms with Gasteiger partial charge in [-0.3, -0.25) is 19.3 Å². The number of amides is 3. The molecule has 5 nitrogen and oxygen atoms in total. The van der Waals surface area contributed by atoms with Gasteiger partial charge in [-0.2, -0.15) is 0 Å². The Kier molecular flexibility index (Phi) is 5.38. The summed E-state index contributed by atoms with van der Waals surface area (Å²) in [7, 11) is 0. The third kappa shape index (κ3) is 3.94. The standard InChI is InChI=1S/C20H19ClN2O3/c1-13(12-14-6-8-15(21)9-7-14)22-18(24)10-11-23-19(25)16-4-2-3-5-17(16)20(23)26/h2-9,13H,10-12H2,1H3,(H,22,24)/t13-/m1/s1. The van der Waals surface area contributed by atoms with Crippen molar-refractivity contribution in [3.05, 3.63) is 70.2 Å². The fraction of sp³-hybridized carbons (Fsp3) is 0.250. The van der Waals surface area contributed by atoms with Crippen molar-refractivity contribution in [2.45, 2.75) is 25.8 Å². The summed E-state index contributed by atoms with van der Waals surface area (Å²) in [6, 6.07) is 14.1. The second-order valence-electron chi connectivity index (χ2n) is 6.36. The van der Waals surface area contributed by atoms with Crippen LogP contribution in [0.3, 0.4) is 0 Å². The first-order valence-corrected chi connectivity index (χ1v) is 8.82. The second-order valence-corrected chi connectivity index (χ2v) is 6.79. The number of nitrogens with one attached hydrogen (secondary N) is 1. The molecule has 0 spiro atoms. The molecular formula is C20H19ClN2O3. The summed E-state index contributed by atoms with van der Waals surface area (Å²) in [5, 5.41) is 3.57. The van der Waals surface area contributed by atoms with Gasteiger partial charge in [-0.1, -0.05) is 35.9 Å². The number of carbonyl (C=O) groups is 3. The molecule has 0 aromatic heterocycles. The Bertz CT molecular complexity index is 813. The van der Waals surface area contributed by atoms with Crippen LogP contribution in [0.2, 0.25) is 5.02 Å². The smallest absolute Gasteiger partial charge is 0.261 e. The van der Waals surface area contributed by atoms with Crippen LogP contribution in [0.25, 0.3) is 0 Å². The number of rotatable bonds is 6. The molecular weight excluding hydrogens is 352 g/mol. The van der Waals surface area contributed by atoms with Gasteiger partial charge in [-0.25, -0.2) is 0 Å². The molecule has 0 fully saturated rings. The van der Waals surface area contributed by atoms with Crippen molar-refractivity contribution < 1.29 is 14.4 Å². The lowest BCUT2D eigenvalue weighted by Gasteiger charge is -2.16. The van der Waals surface area contributed by atoms with Crippen LogP contribution in [0.4, 0.5) is 0 Å². The van der Waals surface area contributed by atoms with Gasteiger partial charge in [-0.05, 0) is 43.2 Å². The first-order valence-electron chi connectivity index (χ1n) is 8.44. The molecule has 1 N–H and O–H groups in total. The van der Waals surface area contributed by atoms with E-state index in [9.17, 15) is 14.4 Å². The summed E-state index contributed by atoms with van der Waals surface area (Å²) in [5.41, 5.74) is 1.87. The lowest BCUT2D eigenvalue weighted by Crippen LogP contribution is -2.38. The number of imide groups is 1. The van der Waals surface area contributed by atoms with Crippen LogP contribution in [0.5, 0.6) is 0 Å². The molecule has 26 heavy (non-hydrogen) atoms. The summed E-state index contributed by atoms with van der Waals surface area (Å²) >= 11 is 5.86. The summed E-state index contributed by atoms with van der Waals surface area (Å²) in [5.74, 6) is -0.872. The van der Waals surface area contributed by atoms with E-state index in [1.807, 2.05) is 31.2 Å². The molecule has 2 aromatic rings. The normalized spacial score (nSPS) is 14.3. The van der Waals surface area contributed by atoms with E-state index >= 15 is 0 Å². The van der Waals surface area contributed by atoms with E-state index in [0.29, 0.717) is 22.6 Å². The molecule has 2 aromatic carbocycles. The topological polar surface area (TPSA) is 66.5 Å². The van der Waals surface area contributed by atoms with E-state index in [1.165, 1.54) is 0 Å². The summed E-state index contributed by atoms with van der Waals surface area (Å²) in [6.07, 6.45) is 0.756. The zero-order chi connectivity index (χ0) is 18.7. The minimum atomic E-state index is -0.340. The maximum absolute atomic E-state index is 12.3. The maximum Gasteiger partial charge on any atom is 0.261 e. The van der Waals surface area contributed by atoms with Crippen LogP contribution in [-0.4, -0.2) is 35.2 Å². The number of hydrogen-bond donors (Lipinski definition) is 1. The van der Waals surface area contributed by atoms with Crippen LogP contribution in [-0.2, 0) is 11.2 Å². The van der Waals surface area contributed by atoms with Crippen molar-refractivity contribution in [2.24, 2.45) is 0 Å². The molecule has 0 saturated carbocycles. The van der Waals surface area contributed by atoms with Crippen LogP contribution in [0, 0.1) is 0 Å². The molecule has 6 heteroatoms. The van der Waals surface area contributed by atoms with Gasteiger partial charge in [0, 0.05) is 24.0 Å². The van der Waals surface area contributed by atoms with E-state index in [-0.39, 0.29) is 36.7 Å². The second kappa shape index (κ2) is 7.70. The SMILES string of the molecule is C[C@H](Cc1ccc(Cl)cc1)NC(=O)CCN1C(=O)c2ccccc2C1=O. The van der Waals surface area contributed by atoms with Gasteiger partial charge in [0.2, 0.25) is 5.91 Å². The van der Waals surface area contributed by atoms with Gasteiger partial charge < -0.3 is 5.32 Å². The predicted molar refractivity (Wildman–Crippen MR) is 99.2 cm³/mol. The number of fused-ring (bicyclic) bond motifs is 1. The van der Waals surface area contributed by atoms with Crippen LogP contribution >= 0.6 is 11.6 Å². The highest BCUT2D eigenvalue weighted by molar-refractivity contribution is 6.30. The molecule has 1 atom stereocenters. The average molecular weight is 371 g/mol. The lowest BCUT2D eigenvalue weighted by atomic mass is 10.1. The summed E-state index contributed by atoms with van der Waals surface area (Å²) < 4.78 is 0. The molecule has 0 saturated heterocycles. The first kappa shape index (κ1) is 18.1. The minimum Gasteiger partial charge on any atom is -0.353 e. The van der Waals surface area contributed by atoms with Crippen molar-refractivity contribution in [3.8, 4) is 0 Å². The van der Waals surface area contributed by atoms with E-state index in [1.54, 1.807) is 24.3 Å². The monoisotopic (exact) mass is 370 g/mol. The fourth-order valence-corrected chi connectivity index (χ4v) is 3.15. The summed E-state index contributed by atoms with van der Waals surface area (Å²) in [4.78, 5) is 37.8. The third-order valence-corrected chi connectivity index (χ3v) is 4.56. The molecule has 1 aliphatic heterocycles. The number of hydrogen-bond acceptors (Lipinski definition) is 3. The molecule has 1 heterocycles. The molecule has 3 amide bonds. The molecule has 1 aliphatic rings. The maximum atomic E-state index is 12.3. The van der Waals surface area contributed by atoms with Gasteiger partial charge in [0.05, 0.1) is 11.1 Å². The lowest BCUT2D eigenvalue weighted by molar-refractivity contribution is -0.121. The highest BCUT2D eigenvalue weighted by Gasteiger charge is 2.34. The van der Waals surface area contributed by atoms with Crippen LogP contribution in [0.1, 0.15) is 39.6 Å². The Labute approximate surface area is 156 Å². The molecule has 0 aliphatic carbocycles. The highest BCUT2D eigenvalue weighted by atomic mass is 35.5. The van der Waals surface area contributed by atoms with E-state index in [2.05, 4.69) is 5.32 Å². The zero-order valence-electron chi connectivity index (χ0n) is 14.4. The van der Waals surface area contributed by atoms with Gasteiger partial charge in [0.15, 0.2) is 0 Å². The number of halogens is 1. The Balaban J connectivity index is 1.51. The van der Waals surface area contributed by atoms with Crippen molar-refractivity contribution >= 4 is 29.3 Å². The molecule has 134 valence electrons. The average Bonchev–Trinajstić information content (AvgIpc) is 2.86. The van der Waals surface area contributed by atoms with Crippen molar-refractivity contribution in [1.29, 1.82) is 0 Å². The van der Waals surface area contributed by atoms with Gasteiger partial charge in [0.25, 0.3) is 11.8 Å². The van der Waals surface area contributed by atoms with Crippen molar-refractivity contribution in [3.63, 3.8) is 0 Å². The zero-order valence-corrected chi connectivity index (χ0v) is 15.1. The largest absolute Gasteiger partial charge is 0.353 e. The number of nitrogens with zero attached hydrogens (tertiary/aromatic N) is 1. The van der Waals surface area contributed by atoms with Crippen LogP contribution < -0.4 is 5.32 Å². The Morgan fingerprint density at radius 1 is 1.04 bits per heavy atom. The minimum absolute atomic E-state index is 0.0640. The van der Waals surface area contributed by atoms with Gasteiger partial charge in [0.1, 0.15) is 0 Å². The summed E-state index contributed by atoms with van der Waals surface area (Å²) in [6.45, 7) is 1.99. The van der Waals surface area contributed by atoms with E-state index in [4.69, 9.17) is 11.6 Å². The third-order valence-electron chi connectivity index (χ3n) is 4.30. The van der Waals surface area contributed by atoms with Crippen molar-refractivity contribution in [1.82, 2.24) is 10.2 Å². The predicted octanol–water partition coefficient (Wildman–Crippen LogP) is 3.07. The number of benzene rings is 2. The van der Waals surface area contributed by atoms with Gasteiger partial charge in [-0.15, -0.1) is 0 Å². The van der Waals surface area contributed by atoms with E-state index < -0.39 is 0 Å². The van der Waals surface area contributed by atoms with Crippen molar-refractivity contribution in [2.75, 3.05) is 6.54 Å². The van der Waals surface area contributed by atoms with Crippen LogP contribution in [0.15, 0.2) is 48.5 Å². The quantitative estimate of drug-likeness (QED) is 0.795. The molecule has 3 rings (SSSR count). The molecule has 0 bridgehead atoms. The fourth-order valence-electron chi connectivity index (χ4n) is 3.03. The Morgan fingerprint density at radius 2 is 1.62 bits per heavy atom. The molecule has 0 unspecified atom stereocenters. The number of carbonyl (C=O) groups excluding carboxylic acids is 3. The molecule has 0 radical (unpaired) electrons. The van der Waals surface area contributed by atoms with E-state index in [0.717, 1.165) is 10.5 Å². The Morgan fingerprint density at radius 3 is 2.19 bits per heavy atom. The first-order chi connectivity index (χ1) is 12.5.